The van der Waals surface area contributed by atoms with Crippen molar-refractivity contribution in [3.63, 3.8) is 0 Å². The molecule has 0 spiro atoms. The summed E-state index contributed by atoms with van der Waals surface area (Å²) in [6, 6.07) is 16.6. The van der Waals surface area contributed by atoms with Crippen LogP contribution >= 0.6 is 23.2 Å². The molecule has 0 aliphatic rings. The van der Waals surface area contributed by atoms with E-state index in [0.29, 0.717) is 12.0 Å². The van der Waals surface area contributed by atoms with Crippen LogP contribution in [0.3, 0.4) is 0 Å². The smallest absolute Gasteiger partial charge is 0.0438 e. The Kier molecular flexibility index (Phi) is 6.10. The minimum absolute atomic E-state index is 0.379. The van der Waals surface area contributed by atoms with Crippen LogP contribution < -0.4 is 5.32 Å². The van der Waals surface area contributed by atoms with Crippen LogP contribution in [0.5, 0.6) is 0 Å². The molecule has 0 bridgehead atoms. The largest absolute Gasteiger partial charge is 0.314 e. The Morgan fingerprint density at radius 1 is 0.952 bits per heavy atom. The third-order valence-corrected chi connectivity index (χ3v) is 4.16. The molecule has 0 amide bonds. The molecule has 0 saturated carbocycles. The van der Waals surface area contributed by atoms with Crippen LogP contribution in [0.2, 0.25) is 10.0 Å². The highest BCUT2D eigenvalue weighted by Crippen LogP contribution is 2.26. The van der Waals surface area contributed by atoms with Crippen molar-refractivity contribution in [3.8, 4) is 0 Å². The number of halogens is 2. The third-order valence-electron chi connectivity index (χ3n) is 3.54. The van der Waals surface area contributed by atoms with Gasteiger partial charge < -0.3 is 5.32 Å². The minimum atomic E-state index is 0.379. The highest BCUT2D eigenvalue weighted by atomic mass is 35.5. The molecule has 0 fully saturated rings. The highest BCUT2D eigenvalue weighted by Gasteiger charge is 2.14. The molecular formula is C18H21Cl2N. The first kappa shape index (κ1) is 16.4. The van der Waals surface area contributed by atoms with Gasteiger partial charge in [-0.05, 0) is 35.7 Å². The van der Waals surface area contributed by atoms with Gasteiger partial charge in [-0.15, -0.1) is 0 Å². The van der Waals surface area contributed by atoms with Crippen molar-refractivity contribution < 1.29 is 0 Å². The maximum Gasteiger partial charge on any atom is 0.0438 e. The Morgan fingerprint density at radius 2 is 1.62 bits per heavy atom. The van der Waals surface area contributed by atoms with Crippen LogP contribution in [0, 0.1) is 0 Å². The lowest BCUT2D eigenvalue weighted by Gasteiger charge is -2.20. The Bertz CT molecular complexity index is 564. The van der Waals surface area contributed by atoms with Gasteiger partial charge >= 0.3 is 0 Å². The zero-order valence-corrected chi connectivity index (χ0v) is 14.0. The van der Waals surface area contributed by atoms with E-state index in [-0.39, 0.29) is 0 Å². The van der Waals surface area contributed by atoms with Gasteiger partial charge in [0.1, 0.15) is 0 Å². The Morgan fingerprint density at radius 3 is 2.24 bits per heavy atom. The first-order chi connectivity index (χ1) is 10.1. The molecule has 1 N–H and O–H groups in total. The van der Waals surface area contributed by atoms with Gasteiger partial charge in [0, 0.05) is 28.5 Å². The number of hydrogen-bond acceptors (Lipinski definition) is 1. The van der Waals surface area contributed by atoms with E-state index in [2.05, 4.69) is 37.4 Å². The zero-order chi connectivity index (χ0) is 15.2. The molecule has 0 saturated heterocycles. The number of nitrogens with one attached hydrogen (secondary N) is 1. The van der Waals surface area contributed by atoms with E-state index < -0.39 is 0 Å². The predicted molar refractivity (Wildman–Crippen MR) is 92.5 cm³/mol. The molecule has 0 heterocycles. The summed E-state index contributed by atoms with van der Waals surface area (Å²) in [4.78, 5) is 0. The average molecular weight is 322 g/mol. The first-order valence-electron chi connectivity index (χ1n) is 7.28. The Labute approximate surface area is 137 Å². The fraction of sp³-hybridized carbons (Fsp3) is 0.333. The van der Waals surface area contributed by atoms with E-state index in [1.807, 2.05) is 30.3 Å². The van der Waals surface area contributed by atoms with Crippen molar-refractivity contribution >= 4 is 23.2 Å². The van der Waals surface area contributed by atoms with Crippen LogP contribution in [0.1, 0.15) is 30.9 Å². The van der Waals surface area contributed by atoms with E-state index in [1.165, 1.54) is 11.1 Å². The molecule has 2 rings (SSSR count). The van der Waals surface area contributed by atoms with Gasteiger partial charge in [0.15, 0.2) is 0 Å². The second-order valence-corrected chi connectivity index (χ2v) is 6.45. The van der Waals surface area contributed by atoms with E-state index in [9.17, 15) is 0 Å². The topological polar surface area (TPSA) is 12.0 Å². The maximum atomic E-state index is 6.30. The molecule has 21 heavy (non-hydrogen) atoms. The van der Waals surface area contributed by atoms with Gasteiger partial charge in [-0.2, -0.15) is 0 Å². The lowest BCUT2D eigenvalue weighted by atomic mass is 9.91. The van der Waals surface area contributed by atoms with Gasteiger partial charge in [-0.3, -0.25) is 0 Å². The molecule has 2 aromatic rings. The summed E-state index contributed by atoms with van der Waals surface area (Å²) in [5.41, 5.74) is 2.47. The number of rotatable bonds is 6. The highest BCUT2D eigenvalue weighted by molar-refractivity contribution is 6.31. The van der Waals surface area contributed by atoms with E-state index >= 15 is 0 Å². The lowest BCUT2D eigenvalue weighted by molar-refractivity contribution is 0.527. The molecule has 1 atom stereocenters. The molecule has 0 aliphatic heterocycles. The molecule has 3 heteroatoms. The third kappa shape index (κ3) is 5.03. The summed E-state index contributed by atoms with van der Waals surface area (Å²) < 4.78 is 0. The lowest BCUT2D eigenvalue weighted by Crippen LogP contribution is -2.29. The van der Waals surface area contributed by atoms with Gasteiger partial charge in [0.25, 0.3) is 0 Å². The summed E-state index contributed by atoms with van der Waals surface area (Å²) in [5, 5.41) is 5.13. The summed E-state index contributed by atoms with van der Waals surface area (Å²) in [5.74, 6) is 0.379. The second kappa shape index (κ2) is 7.84. The zero-order valence-electron chi connectivity index (χ0n) is 12.4. The monoisotopic (exact) mass is 321 g/mol. The van der Waals surface area contributed by atoms with Crippen molar-refractivity contribution in [1.29, 1.82) is 0 Å². The van der Waals surface area contributed by atoms with E-state index in [0.717, 1.165) is 23.0 Å². The standard InChI is InChI=1S/C18H21Cl2N/c1-13(2)21-12-16(14-7-9-17(19)10-8-14)11-15-5-3-4-6-18(15)20/h3-10,13,16,21H,11-12H2,1-2H3. The summed E-state index contributed by atoms with van der Waals surface area (Å²) in [6.07, 6.45) is 0.918. The molecule has 2 aromatic carbocycles. The molecule has 112 valence electrons. The first-order valence-corrected chi connectivity index (χ1v) is 8.04. The second-order valence-electron chi connectivity index (χ2n) is 5.61. The molecule has 0 radical (unpaired) electrons. The van der Waals surface area contributed by atoms with Crippen LogP contribution in [-0.2, 0) is 6.42 Å². The van der Waals surface area contributed by atoms with Crippen molar-refractivity contribution in [2.75, 3.05) is 6.54 Å². The molecule has 1 nitrogen and oxygen atoms in total. The number of hydrogen-bond donors (Lipinski definition) is 1. The van der Waals surface area contributed by atoms with Crippen molar-refractivity contribution in [3.05, 3.63) is 69.7 Å². The predicted octanol–water partition coefficient (Wildman–Crippen LogP) is 5.32. The van der Waals surface area contributed by atoms with Crippen LogP contribution in [0.25, 0.3) is 0 Å². The van der Waals surface area contributed by atoms with Gasteiger partial charge in [0.2, 0.25) is 0 Å². The number of benzene rings is 2. The molecule has 0 aromatic heterocycles. The fourth-order valence-electron chi connectivity index (χ4n) is 2.35. The SMILES string of the molecule is CC(C)NCC(Cc1ccccc1Cl)c1ccc(Cl)cc1. The maximum absolute atomic E-state index is 6.30. The van der Waals surface area contributed by atoms with Crippen LogP contribution in [0.15, 0.2) is 48.5 Å². The Balaban J connectivity index is 2.19. The van der Waals surface area contributed by atoms with Crippen LogP contribution in [0.4, 0.5) is 0 Å². The van der Waals surface area contributed by atoms with Crippen molar-refractivity contribution in [2.45, 2.75) is 32.2 Å². The Hall–Kier alpha value is -1.02. The van der Waals surface area contributed by atoms with E-state index in [4.69, 9.17) is 23.2 Å². The van der Waals surface area contributed by atoms with Gasteiger partial charge in [0.05, 0.1) is 0 Å². The quantitative estimate of drug-likeness (QED) is 0.759. The van der Waals surface area contributed by atoms with E-state index in [1.54, 1.807) is 0 Å². The molecule has 1 unspecified atom stereocenters. The van der Waals surface area contributed by atoms with Gasteiger partial charge in [-0.1, -0.05) is 67.4 Å². The summed E-state index contributed by atoms with van der Waals surface area (Å²) in [6.45, 7) is 5.24. The fourth-order valence-corrected chi connectivity index (χ4v) is 2.69. The van der Waals surface area contributed by atoms with Crippen molar-refractivity contribution in [2.24, 2.45) is 0 Å². The van der Waals surface area contributed by atoms with Gasteiger partial charge in [-0.25, -0.2) is 0 Å². The summed E-state index contributed by atoms with van der Waals surface area (Å²) in [7, 11) is 0. The average Bonchev–Trinajstić information content (AvgIpc) is 2.46. The van der Waals surface area contributed by atoms with Crippen LogP contribution in [-0.4, -0.2) is 12.6 Å². The summed E-state index contributed by atoms with van der Waals surface area (Å²) >= 11 is 12.3. The minimum Gasteiger partial charge on any atom is -0.314 e. The molecular weight excluding hydrogens is 301 g/mol. The normalized spacial score (nSPS) is 12.6. The van der Waals surface area contributed by atoms with Crippen molar-refractivity contribution in [1.82, 2.24) is 5.32 Å². The molecule has 0 aliphatic carbocycles.